The van der Waals surface area contributed by atoms with Gasteiger partial charge in [0.25, 0.3) is 5.91 Å². The molecule has 2 heterocycles. The summed E-state index contributed by atoms with van der Waals surface area (Å²) >= 11 is 6.45. The second-order valence-corrected chi connectivity index (χ2v) is 10.6. The Bertz CT molecular complexity index is 1250. The van der Waals surface area contributed by atoms with E-state index in [1.165, 1.54) is 18.2 Å². The number of halogens is 5. The minimum atomic E-state index is -4.38. The molecule has 0 aliphatic heterocycles. The van der Waals surface area contributed by atoms with Crippen molar-refractivity contribution in [2.45, 2.75) is 43.8 Å². The first-order valence-electron chi connectivity index (χ1n) is 11.2. The number of carbonyl (C=O) groups is 1. The number of thiazole rings is 1. The fourth-order valence-electron chi connectivity index (χ4n) is 5.39. The first-order valence-corrected chi connectivity index (χ1v) is 12.3. The van der Waals surface area contributed by atoms with Crippen LogP contribution in [0.4, 0.5) is 28.4 Å². The number of alkyl halides is 3. The van der Waals surface area contributed by atoms with E-state index in [4.69, 9.17) is 11.6 Å². The number of aryl methyl sites for hydroxylation is 1. The zero-order valence-electron chi connectivity index (χ0n) is 18.6. The molecule has 0 saturated heterocycles. The minimum Gasteiger partial charge on any atom is -0.359 e. The largest absolute Gasteiger partial charge is 0.427 e. The third-order valence-corrected chi connectivity index (χ3v) is 8.14. The van der Waals surface area contributed by atoms with Crippen LogP contribution in [0.25, 0.3) is 0 Å². The highest BCUT2D eigenvalue weighted by molar-refractivity contribution is 7.15. The number of rotatable bonds is 5. The molecular formula is C23H22ClF4N5OS. The smallest absolute Gasteiger partial charge is 0.359 e. The highest BCUT2D eigenvalue weighted by Gasteiger charge is 2.44. The predicted octanol–water partition coefficient (Wildman–Crippen LogP) is 6.32. The Kier molecular flexibility index (Phi) is 6.25. The molecule has 2 saturated carbocycles. The van der Waals surface area contributed by atoms with Gasteiger partial charge in [0.1, 0.15) is 16.4 Å². The summed E-state index contributed by atoms with van der Waals surface area (Å²) in [4.78, 5) is 20.7. The van der Waals surface area contributed by atoms with Crippen molar-refractivity contribution in [1.29, 1.82) is 0 Å². The number of anilines is 2. The van der Waals surface area contributed by atoms with Crippen LogP contribution >= 0.6 is 22.9 Å². The molecule has 0 bridgehead atoms. The van der Waals surface area contributed by atoms with E-state index in [2.05, 4.69) is 20.6 Å². The van der Waals surface area contributed by atoms with Gasteiger partial charge in [0, 0.05) is 24.7 Å². The lowest BCUT2D eigenvalue weighted by molar-refractivity contribution is -0.134. The molecule has 2 N–H and O–H groups in total. The van der Waals surface area contributed by atoms with Crippen molar-refractivity contribution < 1.29 is 22.4 Å². The van der Waals surface area contributed by atoms with Gasteiger partial charge in [-0.2, -0.15) is 13.2 Å². The maximum absolute atomic E-state index is 13.4. The molecule has 1 aromatic carbocycles. The fraction of sp³-hybridized carbons (Fsp3) is 0.435. The Morgan fingerprint density at radius 1 is 1.17 bits per heavy atom. The topological polar surface area (TPSA) is 71.8 Å². The second kappa shape index (κ2) is 9.09. The van der Waals surface area contributed by atoms with E-state index in [9.17, 15) is 22.4 Å². The number of carbonyl (C=O) groups excluding carboxylic acids is 1. The van der Waals surface area contributed by atoms with E-state index in [0.29, 0.717) is 39.7 Å². The molecule has 35 heavy (non-hydrogen) atoms. The van der Waals surface area contributed by atoms with Crippen molar-refractivity contribution in [3.63, 3.8) is 0 Å². The van der Waals surface area contributed by atoms with Crippen LogP contribution in [-0.4, -0.2) is 26.5 Å². The van der Waals surface area contributed by atoms with E-state index in [0.717, 1.165) is 37.6 Å². The van der Waals surface area contributed by atoms with E-state index in [-0.39, 0.29) is 22.9 Å². The monoisotopic (exact) mass is 527 g/mol. The van der Waals surface area contributed by atoms with Gasteiger partial charge in [0.2, 0.25) is 0 Å². The molecule has 2 aromatic heterocycles. The summed E-state index contributed by atoms with van der Waals surface area (Å²) < 4.78 is 53.6. The Labute approximate surface area is 207 Å². The van der Waals surface area contributed by atoms with Gasteiger partial charge in [-0.05, 0) is 55.7 Å². The van der Waals surface area contributed by atoms with Gasteiger partial charge in [-0.15, -0.1) is 0 Å². The van der Waals surface area contributed by atoms with E-state index < -0.39 is 16.9 Å². The summed E-state index contributed by atoms with van der Waals surface area (Å²) in [5, 5.41) is 6.16. The number of amides is 1. The molecule has 2 fully saturated rings. The van der Waals surface area contributed by atoms with Crippen LogP contribution in [0.2, 0.25) is 5.02 Å². The molecule has 12 heteroatoms. The van der Waals surface area contributed by atoms with Crippen molar-refractivity contribution in [2.24, 2.45) is 18.9 Å². The van der Waals surface area contributed by atoms with Crippen LogP contribution in [0.1, 0.15) is 52.7 Å². The molecular weight excluding hydrogens is 506 g/mol. The molecule has 6 nitrogen and oxygen atoms in total. The van der Waals surface area contributed by atoms with Crippen molar-refractivity contribution >= 4 is 39.7 Å². The van der Waals surface area contributed by atoms with Crippen LogP contribution < -0.4 is 10.6 Å². The lowest BCUT2D eigenvalue weighted by Crippen LogP contribution is -2.19. The van der Waals surface area contributed by atoms with E-state index in [1.54, 1.807) is 17.9 Å². The zero-order valence-corrected chi connectivity index (χ0v) is 20.1. The Morgan fingerprint density at radius 2 is 1.89 bits per heavy atom. The highest BCUT2D eigenvalue weighted by atomic mass is 35.5. The number of nitrogens with one attached hydrogen (secondary N) is 2. The van der Waals surface area contributed by atoms with Gasteiger partial charge in [-0.25, -0.2) is 14.4 Å². The standard InChI is InChI=1S/C23H22ClF4N5OS/c1-33-10-30-19(20(33)21(34)31-14-2-3-17(25)16(24)8-14)13-4-11-6-15(7-12(11)5-13)32-22-29-9-18(35-22)23(26,27)28/h2-3,8-13,15H,4-7H2,1H3,(H,29,32)(H,31,34). The quantitative estimate of drug-likeness (QED) is 0.381. The van der Waals surface area contributed by atoms with Crippen LogP contribution in [0.3, 0.4) is 0 Å². The third kappa shape index (κ3) is 4.88. The molecule has 5 rings (SSSR count). The number of fused-ring (bicyclic) bond motifs is 1. The Morgan fingerprint density at radius 3 is 2.51 bits per heavy atom. The van der Waals surface area contributed by atoms with Crippen molar-refractivity contribution in [3.8, 4) is 0 Å². The minimum absolute atomic E-state index is 0.0767. The number of hydrogen-bond donors (Lipinski definition) is 2. The maximum atomic E-state index is 13.4. The summed E-state index contributed by atoms with van der Waals surface area (Å²) in [7, 11) is 1.75. The van der Waals surface area contributed by atoms with Gasteiger partial charge in [-0.1, -0.05) is 22.9 Å². The normalized spacial score (nSPS) is 23.9. The zero-order chi connectivity index (χ0) is 24.9. The van der Waals surface area contributed by atoms with Crippen LogP contribution in [0.15, 0.2) is 30.7 Å². The molecule has 2 unspecified atom stereocenters. The summed E-state index contributed by atoms with van der Waals surface area (Å²) in [6.07, 6.45) is 1.48. The van der Waals surface area contributed by atoms with Crippen molar-refractivity contribution in [3.05, 3.63) is 57.8 Å². The van der Waals surface area contributed by atoms with E-state index >= 15 is 0 Å². The molecule has 1 amide bonds. The lowest BCUT2D eigenvalue weighted by atomic mass is 9.97. The van der Waals surface area contributed by atoms with Gasteiger partial charge in [-0.3, -0.25) is 4.79 Å². The molecule has 3 aromatic rings. The van der Waals surface area contributed by atoms with Crippen molar-refractivity contribution in [1.82, 2.24) is 14.5 Å². The van der Waals surface area contributed by atoms with Crippen LogP contribution in [-0.2, 0) is 13.2 Å². The van der Waals surface area contributed by atoms with Gasteiger partial charge in [0.15, 0.2) is 5.13 Å². The molecule has 186 valence electrons. The SMILES string of the molecule is Cn1cnc(C2CC3CC(Nc4ncc(C(F)(F)F)s4)CC3C2)c1C(=O)Nc1ccc(F)c(Cl)c1. The number of nitrogens with zero attached hydrogens (tertiary/aromatic N) is 3. The van der Waals surface area contributed by atoms with E-state index in [1.807, 2.05) is 0 Å². The molecule has 2 aliphatic rings. The lowest BCUT2D eigenvalue weighted by Gasteiger charge is -2.16. The fourth-order valence-corrected chi connectivity index (χ4v) is 6.33. The summed E-state index contributed by atoms with van der Waals surface area (Å²) in [5.41, 5.74) is 1.57. The summed E-state index contributed by atoms with van der Waals surface area (Å²) in [5.74, 6) is -0.00140. The van der Waals surface area contributed by atoms with Gasteiger partial charge in [0.05, 0.1) is 23.2 Å². The van der Waals surface area contributed by atoms with Crippen LogP contribution in [0.5, 0.6) is 0 Å². The second-order valence-electron chi connectivity index (χ2n) is 9.20. The number of hydrogen-bond acceptors (Lipinski definition) is 5. The van der Waals surface area contributed by atoms with Crippen LogP contribution in [0, 0.1) is 17.7 Å². The van der Waals surface area contributed by atoms with Crippen molar-refractivity contribution in [2.75, 3.05) is 10.6 Å². The first kappa shape index (κ1) is 24.1. The predicted molar refractivity (Wildman–Crippen MR) is 125 cm³/mol. The highest BCUT2D eigenvalue weighted by Crippen LogP contribution is 2.51. The first-order chi connectivity index (χ1) is 16.6. The number of aromatic nitrogens is 3. The third-order valence-electron chi connectivity index (χ3n) is 6.87. The number of imidazole rings is 1. The Balaban J connectivity index is 1.23. The molecule has 0 radical (unpaired) electrons. The number of benzene rings is 1. The molecule has 2 atom stereocenters. The average Bonchev–Trinajstić information content (AvgIpc) is 3.53. The molecule has 2 aliphatic carbocycles. The molecule has 0 spiro atoms. The summed E-state index contributed by atoms with van der Waals surface area (Å²) in [6, 6.07) is 4.08. The summed E-state index contributed by atoms with van der Waals surface area (Å²) in [6.45, 7) is 0. The average molecular weight is 528 g/mol. The van der Waals surface area contributed by atoms with Gasteiger partial charge < -0.3 is 15.2 Å². The van der Waals surface area contributed by atoms with Gasteiger partial charge >= 0.3 is 6.18 Å². The Hall–Kier alpha value is -2.66. The maximum Gasteiger partial charge on any atom is 0.427 e.